The van der Waals surface area contributed by atoms with E-state index in [9.17, 15) is 9.90 Å². The molecule has 126 valence electrons. The van der Waals surface area contributed by atoms with Crippen molar-refractivity contribution >= 4 is 5.91 Å². The number of likely N-dealkylation sites (N-methyl/N-ethyl adjacent to an activating group) is 1. The maximum absolute atomic E-state index is 12.0. The molecule has 1 aliphatic carbocycles. The molecular weight excluding hydrogens is 282 g/mol. The summed E-state index contributed by atoms with van der Waals surface area (Å²) in [4.78, 5) is 12.0. The van der Waals surface area contributed by atoms with Gasteiger partial charge in [0.15, 0.2) is 5.76 Å². The van der Waals surface area contributed by atoms with Gasteiger partial charge in [-0.05, 0) is 50.5 Å². The minimum atomic E-state index is -0.389. The Kier molecular flexibility index (Phi) is 6.70. The highest BCUT2D eigenvalue weighted by Gasteiger charge is 2.40. The zero-order chi connectivity index (χ0) is 15.9. The summed E-state index contributed by atoms with van der Waals surface area (Å²) >= 11 is 0. The standard InChI is InChI=1S/C17H29NO4/c1-3-21-17-13(9-6-10-19)14(12-7-4-5-8-12)11-15(22-17)16(20)18-2/h11-14,17,19H,3-10H2,1-2H3,(H,18,20)/t13-,14+,17+/m0/s1. The first-order valence-electron chi connectivity index (χ1n) is 8.54. The zero-order valence-corrected chi connectivity index (χ0v) is 13.7. The Bertz CT molecular complexity index is 390. The van der Waals surface area contributed by atoms with Crippen molar-refractivity contribution < 1.29 is 19.4 Å². The maximum atomic E-state index is 12.0. The van der Waals surface area contributed by atoms with Gasteiger partial charge in [0.25, 0.3) is 5.91 Å². The quantitative estimate of drug-likeness (QED) is 0.756. The topological polar surface area (TPSA) is 67.8 Å². The van der Waals surface area contributed by atoms with Gasteiger partial charge in [-0.3, -0.25) is 4.79 Å². The monoisotopic (exact) mass is 311 g/mol. The predicted molar refractivity (Wildman–Crippen MR) is 83.9 cm³/mol. The molecule has 1 amide bonds. The summed E-state index contributed by atoms with van der Waals surface area (Å²) in [5, 5.41) is 11.8. The van der Waals surface area contributed by atoms with Crippen LogP contribution in [0.3, 0.4) is 0 Å². The van der Waals surface area contributed by atoms with Crippen LogP contribution >= 0.6 is 0 Å². The van der Waals surface area contributed by atoms with Crippen LogP contribution in [0.2, 0.25) is 0 Å². The van der Waals surface area contributed by atoms with E-state index < -0.39 is 0 Å². The van der Waals surface area contributed by atoms with Gasteiger partial charge in [-0.1, -0.05) is 12.8 Å². The molecule has 0 bridgehead atoms. The van der Waals surface area contributed by atoms with Gasteiger partial charge in [0.1, 0.15) is 0 Å². The van der Waals surface area contributed by atoms with Gasteiger partial charge in [-0.15, -0.1) is 0 Å². The molecule has 0 aromatic carbocycles. The number of amides is 1. The molecule has 2 N–H and O–H groups in total. The van der Waals surface area contributed by atoms with E-state index >= 15 is 0 Å². The molecule has 0 radical (unpaired) electrons. The van der Waals surface area contributed by atoms with Crippen LogP contribution in [-0.2, 0) is 14.3 Å². The molecule has 5 nitrogen and oxygen atoms in total. The van der Waals surface area contributed by atoms with Gasteiger partial charge in [-0.2, -0.15) is 0 Å². The largest absolute Gasteiger partial charge is 0.459 e. The first-order chi connectivity index (χ1) is 10.7. The molecule has 0 spiro atoms. The summed E-state index contributed by atoms with van der Waals surface area (Å²) in [6.45, 7) is 2.67. The van der Waals surface area contributed by atoms with Crippen LogP contribution in [0.25, 0.3) is 0 Å². The third-order valence-corrected chi connectivity index (χ3v) is 4.85. The van der Waals surface area contributed by atoms with Crippen LogP contribution in [0.5, 0.6) is 0 Å². The van der Waals surface area contributed by atoms with Crippen molar-refractivity contribution in [2.24, 2.45) is 17.8 Å². The summed E-state index contributed by atoms with van der Waals surface area (Å²) in [5.41, 5.74) is 0. The molecule has 0 saturated heterocycles. The molecule has 0 unspecified atom stereocenters. The summed E-state index contributed by atoms with van der Waals surface area (Å²) in [6, 6.07) is 0. The second-order valence-corrected chi connectivity index (χ2v) is 6.20. The van der Waals surface area contributed by atoms with E-state index in [1.165, 1.54) is 25.7 Å². The van der Waals surface area contributed by atoms with Crippen molar-refractivity contribution in [3.8, 4) is 0 Å². The van der Waals surface area contributed by atoms with E-state index in [-0.39, 0.29) is 24.7 Å². The highest BCUT2D eigenvalue weighted by atomic mass is 16.7. The van der Waals surface area contributed by atoms with Crippen LogP contribution in [0, 0.1) is 17.8 Å². The van der Waals surface area contributed by atoms with Crippen molar-refractivity contribution in [3.05, 3.63) is 11.8 Å². The van der Waals surface area contributed by atoms with Gasteiger partial charge >= 0.3 is 0 Å². The molecule has 2 aliphatic rings. The van der Waals surface area contributed by atoms with Crippen LogP contribution in [0.4, 0.5) is 0 Å². The van der Waals surface area contributed by atoms with E-state index in [1.807, 2.05) is 13.0 Å². The molecule has 2 rings (SSSR count). The highest BCUT2D eigenvalue weighted by molar-refractivity contribution is 5.91. The fourth-order valence-electron chi connectivity index (χ4n) is 3.79. The lowest BCUT2D eigenvalue weighted by atomic mass is 9.76. The number of aliphatic hydroxyl groups excluding tert-OH is 1. The minimum absolute atomic E-state index is 0.179. The number of hydrogen-bond acceptors (Lipinski definition) is 4. The van der Waals surface area contributed by atoms with Gasteiger partial charge in [0.2, 0.25) is 6.29 Å². The van der Waals surface area contributed by atoms with Crippen LogP contribution < -0.4 is 5.32 Å². The molecule has 1 fully saturated rings. The minimum Gasteiger partial charge on any atom is -0.459 e. The molecule has 0 aromatic rings. The number of allylic oxidation sites excluding steroid dienone is 1. The fraction of sp³-hybridized carbons (Fsp3) is 0.824. The number of nitrogens with one attached hydrogen (secondary N) is 1. The third kappa shape index (κ3) is 4.02. The maximum Gasteiger partial charge on any atom is 0.285 e. The summed E-state index contributed by atoms with van der Waals surface area (Å²) in [7, 11) is 1.62. The second-order valence-electron chi connectivity index (χ2n) is 6.20. The van der Waals surface area contributed by atoms with E-state index in [0.29, 0.717) is 24.2 Å². The lowest BCUT2D eigenvalue weighted by Crippen LogP contribution is -2.41. The smallest absolute Gasteiger partial charge is 0.285 e. The SMILES string of the molecule is CCO[C@@H]1OC(C(=O)NC)=C[C@H](C2CCCC2)[C@@H]1CCCO. The van der Waals surface area contributed by atoms with Crippen LogP contribution in [0.1, 0.15) is 45.4 Å². The fourth-order valence-corrected chi connectivity index (χ4v) is 3.79. The van der Waals surface area contributed by atoms with Crippen molar-refractivity contribution in [3.63, 3.8) is 0 Å². The number of hydrogen-bond donors (Lipinski definition) is 2. The molecule has 22 heavy (non-hydrogen) atoms. The molecule has 0 aromatic heterocycles. The van der Waals surface area contributed by atoms with Gasteiger partial charge in [0.05, 0.1) is 0 Å². The van der Waals surface area contributed by atoms with Gasteiger partial charge in [-0.25, -0.2) is 0 Å². The molecule has 5 heteroatoms. The molecule has 1 saturated carbocycles. The molecular formula is C17H29NO4. The van der Waals surface area contributed by atoms with Crippen molar-refractivity contribution in [1.82, 2.24) is 5.32 Å². The average Bonchev–Trinajstić information content (AvgIpc) is 3.06. The first kappa shape index (κ1) is 17.3. The van der Waals surface area contributed by atoms with E-state index in [0.717, 1.165) is 12.8 Å². The Morgan fingerprint density at radius 1 is 1.45 bits per heavy atom. The Morgan fingerprint density at radius 2 is 2.18 bits per heavy atom. The van der Waals surface area contributed by atoms with Crippen molar-refractivity contribution in [2.45, 2.75) is 51.7 Å². The van der Waals surface area contributed by atoms with Crippen molar-refractivity contribution in [1.29, 1.82) is 0 Å². The molecule has 1 aliphatic heterocycles. The molecule has 1 heterocycles. The van der Waals surface area contributed by atoms with E-state index in [2.05, 4.69) is 5.32 Å². The second kappa shape index (κ2) is 8.53. The number of carbonyl (C=O) groups is 1. The van der Waals surface area contributed by atoms with Gasteiger partial charge in [0, 0.05) is 26.2 Å². The zero-order valence-electron chi connectivity index (χ0n) is 13.7. The Labute approximate surface area is 133 Å². The first-order valence-corrected chi connectivity index (χ1v) is 8.54. The third-order valence-electron chi connectivity index (χ3n) is 4.85. The predicted octanol–water partition coefficient (Wildman–Crippen LogP) is 2.20. The number of rotatable bonds is 7. The van der Waals surface area contributed by atoms with Crippen molar-refractivity contribution in [2.75, 3.05) is 20.3 Å². The van der Waals surface area contributed by atoms with Crippen LogP contribution in [-0.4, -0.2) is 37.6 Å². The summed E-state index contributed by atoms with van der Waals surface area (Å²) in [6.07, 6.45) is 8.15. The Morgan fingerprint density at radius 3 is 2.77 bits per heavy atom. The Balaban J connectivity index is 2.23. The van der Waals surface area contributed by atoms with Gasteiger partial charge < -0.3 is 19.9 Å². The molecule has 3 atom stereocenters. The number of ether oxygens (including phenoxy) is 2. The van der Waals surface area contributed by atoms with Crippen LogP contribution in [0.15, 0.2) is 11.8 Å². The van der Waals surface area contributed by atoms with E-state index in [1.54, 1.807) is 7.05 Å². The van der Waals surface area contributed by atoms with E-state index in [4.69, 9.17) is 9.47 Å². The summed E-state index contributed by atoms with van der Waals surface area (Å²) < 4.78 is 11.6. The lowest BCUT2D eigenvalue weighted by Gasteiger charge is -2.39. The number of carbonyl (C=O) groups excluding carboxylic acids is 1. The lowest BCUT2D eigenvalue weighted by molar-refractivity contribution is -0.175. The summed E-state index contributed by atoms with van der Waals surface area (Å²) in [5.74, 6) is 1.30. The highest BCUT2D eigenvalue weighted by Crippen LogP contribution is 2.43. The normalized spacial score (nSPS) is 29.0. The number of aliphatic hydroxyl groups is 1. The Hall–Kier alpha value is -1.07. The average molecular weight is 311 g/mol.